The Bertz CT molecular complexity index is 302. The first-order valence-corrected chi connectivity index (χ1v) is 3.70. The molecule has 1 heterocycles. The second kappa shape index (κ2) is 2.93. The van der Waals surface area contributed by atoms with Crippen molar-refractivity contribution in [3.8, 4) is 0 Å². The molecule has 1 aromatic rings. The van der Waals surface area contributed by atoms with Crippen LogP contribution in [-0.2, 0) is 0 Å². The number of hydrogen-bond donors (Lipinski definition) is 1. The summed E-state index contributed by atoms with van der Waals surface area (Å²) in [7, 11) is 0. The lowest BCUT2D eigenvalue weighted by atomic mass is 10.3. The number of alkyl halides is 3. The number of nitrogen functional groups attached to an aromatic ring is 1. The molecule has 74 valence electrons. The number of nitrogens with two attached hydrogens (primary N) is 1. The Morgan fingerprint density at radius 2 is 2.08 bits per heavy atom. The molecular weight excluding hydrogens is 183 g/mol. The zero-order valence-electron chi connectivity index (χ0n) is 7.26. The molecule has 1 unspecified atom stereocenters. The van der Waals surface area contributed by atoms with E-state index in [1.807, 2.05) is 0 Å². The third-order valence-electron chi connectivity index (χ3n) is 1.87. The van der Waals surface area contributed by atoms with Gasteiger partial charge < -0.3 is 5.73 Å². The summed E-state index contributed by atoms with van der Waals surface area (Å²) in [6.45, 7) is 2.63. The monoisotopic (exact) mass is 193 g/mol. The van der Waals surface area contributed by atoms with Gasteiger partial charge in [-0.15, -0.1) is 0 Å². The van der Waals surface area contributed by atoms with Crippen molar-refractivity contribution in [2.45, 2.75) is 26.1 Å². The summed E-state index contributed by atoms with van der Waals surface area (Å²) in [6.07, 6.45) is -3.00. The average molecular weight is 193 g/mol. The standard InChI is InChI=1S/C7H10F3N3/c1-4-3-12-13(6(4)11)5(2)7(8,9)10/h3,5H,11H2,1-2H3. The summed E-state index contributed by atoms with van der Waals surface area (Å²) in [4.78, 5) is 0. The Kier molecular flexibility index (Phi) is 2.23. The number of nitrogens with zero attached hydrogens (tertiary/aromatic N) is 2. The van der Waals surface area contributed by atoms with Gasteiger partial charge in [-0.2, -0.15) is 18.3 Å². The molecule has 3 nitrogen and oxygen atoms in total. The fraction of sp³-hybridized carbons (Fsp3) is 0.571. The van der Waals surface area contributed by atoms with Crippen LogP contribution < -0.4 is 5.73 Å². The van der Waals surface area contributed by atoms with Crippen LogP contribution in [0.1, 0.15) is 18.5 Å². The molecule has 0 amide bonds. The lowest BCUT2D eigenvalue weighted by Gasteiger charge is -2.17. The van der Waals surface area contributed by atoms with Crippen LogP contribution in [0.3, 0.4) is 0 Å². The normalized spacial score (nSPS) is 14.5. The van der Waals surface area contributed by atoms with E-state index in [2.05, 4.69) is 5.10 Å². The van der Waals surface area contributed by atoms with Crippen LogP contribution in [0.15, 0.2) is 6.20 Å². The van der Waals surface area contributed by atoms with Crippen LogP contribution >= 0.6 is 0 Å². The molecule has 6 heteroatoms. The Labute approximate surface area is 73.3 Å². The molecule has 0 radical (unpaired) electrons. The largest absolute Gasteiger partial charge is 0.410 e. The highest BCUT2D eigenvalue weighted by Gasteiger charge is 2.38. The number of rotatable bonds is 1. The minimum absolute atomic E-state index is 0.0600. The number of aryl methyl sites for hydroxylation is 1. The molecule has 1 atom stereocenters. The van der Waals surface area contributed by atoms with Crippen molar-refractivity contribution in [2.75, 3.05) is 5.73 Å². The van der Waals surface area contributed by atoms with Crippen LogP contribution in [0.5, 0.6) is 0 Å². The van der Waals surface area contributed by atoms with Gasteiger partial charge in [0, 0.05) is 5.56 Å². The molecule has 0 aliphatic carbocycles. The van der Waals surface area contributed by atoms with Crippen molar-refractivity contribution in [1.29, 1.82) is 0 Å². The lowest BCUT2D eigenvalue weighted by molar-refractivity contribution is -0.164. The van der Waals surface area contributed by atoms with Gasteiger partial charge in [-0.05, 0) is 13.8 Å². The van der Waals surface area contributed by atoms with Gasteiger partial charge in [-0.3, -0.25) is 0 Å². The van der Waals surface area contributed by atoms with Gasteiger partial charge >= 0.3 is 6.18 Å². The fourth-order valence-corrected chi connectivity index (χ4v) is 0.905. The Balaban J connectivity index is 3.02. The average Bonchev–Trinajstić information content (AvgIpc) is 2.30. The maximum atomic E-state index is 12.2. The highest BCUT2D eigenvalue weighted by atomic mass is 19.4. The number of hydrogen-bond acceptors (Lipinski definition) is 2. The maximum absolute atomic E-state index is 12.2. The molecule has 0 saturated carbocycles. The number of anilines is 1. The fourth-order valence-electron chi connectivity index (χ4n) is 0.905. The lowest BCUT2D eigenvalue weighted by Crippen LogP contribution is -2.25. The predicted molar refractivity (Wildman–Crippen MR) is 42.1 cm³/mol. The molecular formula is C7H10F3N3. The van der Waals surface area contributed by atoms with E-state index in [9.17, 15) is 13.2 Å². The van der Waals surface area contributed by atoms with E-state index in [1.54, 1.807) is 6.92 Å². The van der Waals surface area contributed by atoms with E-state index >= 15 is 0 Å². The van der Waals surface area contributed by atoms with E-state index in [1.165, 1.54) is 6.20 Å². The summed E-state index contributed by atoms with van der Waals surface area (Å²) in [5.74, 6) is 0.0600. The van der Waals surface area contributed by atoms with Gasteiger partial charge in [0.25, 0.3) is 0 Å². The molecule has 1 rings (SSSR count). The minimum atomic E-state index is -4.31. The smallest absolute Gasteiger partial charge is 0.384 e. The Morgan fingerprint density at radius 3 is 2.38 bits per heavy atom. The maximum Gasteiger partial charge on any atom is 0.410 e. The van der Waals surface area contributed by atoms with Crippen LogP contribution in [0.25, 0.3) is 0 Å². The van der Waals surface area contributed by atoms with Crippen molar-refractivity contribution in [2.24, 2.45) is 0 Å². The van der Waals surface area contributed by atoms with Crippen molar-refractivity contribution in [3.05, 3.63) is 11.8 Å². The van der Waals surface area contributed by atoms with E-state index in [0.29, 0.717) is 5.56 Å². The van der Waals surface area contributed by atoms with Crippen LogP contribution in [-0.4, -0.2) is 16.0 Å². The highest BCUT2D eigenvalue weighted by Crippen LogP contribution is 2.31. The summed E-state index contributed by atoms with van der Waals surface area (Å²) in [6, 6.07) is -1.68. The summed E-state index contributed by atoms with van der Waals surface area (Å²) < 4.78 is 37.4. The zero-order valence-corrected chi connectivity index (χ0v) is 7.26. The molecule has 0 aromatic carbocycles. The minimum Gasteiger partial charge on any atom is -0.384 e. The molecule has 0 spiro atoms. The second-order valence-electron chi connectivity index (χ2n) is 2.87. The Morgan fingerprint density at radius 1 is 1.54 bits per heavy atom. The quantitative estimate of drug-likeness (QED) is 0.740. The van der Waals surface area contributed by atoms with E-state index < -0.39 is 12.2 Å². The third-order valence-corrected chi connectivity index (χ3v) is 1.87. The predicted octanol–water partition coefficient (Wildman–Crippen LogP) is 1.90. The SMILES string of the molecule is Cc1cnn(C(C)C(F)(F)F)c1N. The highest BCUT2D eigenvalue weighted by molar-refractivity contribution is 5.37. The number of aromatic nitrogens is 2. The summed E-state index contributed by atoms with van der Waals surface area (Å²) >= 11 is 0. The molecule has 0 bridgehead atoms. The summed E-state index contributed by atoms with van der Waals surface area (Å²) in [5, 5.41) is 3.55. The molecule has 13 heavy (non-hydrogen) atoms. The van der Waals surface area contributed by atoms with E-state index in [-0.39, 0.29) is 5.82 Å². The topological polar surface area (TPSA) is 43.8 Å². The van der Waals surface area contributed by atoms with Gasteiger partial charge in [-0.25, -0.2) is 4.68 Å². The van der Waals surface area contributed by atoms with Gasteiger partial charge in [0.1, 0.15) is 11.9 Å². The molecule has 1 aromatic heterocycles. The van der Waals surface area contributed by atoms with Gasteiger partial charge in [0.15, 0.2) is 0 Å². The first-order chi connectivity index (χ1) is 5.84. The second-order valence-corrected chi connectivity index (χ2v) is 2.87. The summed E-state index contributed by atoms with van der Waals surface area (Å²) in [5.41, 5.74) is 5.95. The van der Waals surface area contributed by atoms with E-state index in [0.717, 1.165) is 11.6 Å². The Hall–Kier alpha value is -1.20. The molecule has 0 aliphatic heterocycles. The van der Waals surface area contributed by atoms with Crippen LogP contribution in [0, 0.1) is 6.92 Å². The first-order valence-electron chi connectivity index (χ1n) is 3.70. The molecule has 2 N–H and O–H groups in total. The van der Waals surface area contributed by atoms with Crippen molar-refractivity contribution in [3.63, 3.8) is 0 Å². The van der Waals surface area contributed by atoms with E-state index in [4.69, 9.17) is 5.73 Å². The molecule has 0 fully saturated rings. The van der Waals surface area contributed by atoms with Crippen LogP contribution in [0.2, 0.25) is 0 Å². The first kappa shape index (κ1) is 9.88. The van der Waals surface area contributed by atoms with Gasteiger partial charge in [0.2, 0.25) is 0 Å². The zero-order chi connectivity index (χ0) is 10.2. The third kappa shape index (κ3) is 1.76. The van der Waals surface area contributed by atoms with Crippen molar-refractivity contribution >= 4 is 5.82 Å². The van der Waals surface area contributed by atoms with Crippen molar-refractivity contribution < 1.29 is 13.2 Å². The molecule has 0 saturated heterocycles. The van der Waals surface area contributed by atoms with Crippen molar-refractivity contribution in [1.82, 2.24) is 9.78 Å². The molecule has 0 aliphatic rings. The number of halogens is 3. The van der Waals surface area contributed by atoms with Gasteiger partial charge in [0.05, 0.1) is 6.20 Å². The van der Waals surface area contributed by atoms with Gasteiger partial charge in [-0.1, -0.05) is 0 Å². The van der Waals surface area contributed by atoms with Crippen LogP contribution in [0.4, 0.5) is 19.0 Å².